The van der Waals surface area contributed by atoms with Gasteiger partial charge in [0.2, 0.25) is 0 Å². The summed E-state index contributed by atoms with van der Waals surface area (Å²) in [4.78, 5) is 6.47. The van der Waals surface area contributed by atoms with Crippen LogP contribution in [-0.2, 0) is 0 Å². The average Bonchev–Trinajstić information content (AvgIpc) is 2.39. The van der Waals surface area contributed by atoms with Crippen LogP contribution in [0.1, 0.15) is 18.5 Å². The fraction of sp³-hybridized carbons (Fsp3) is 0.214. The summed E-state index contributed by atoms with van der Waals surface area (Å²) in [7, 11) is 2.00. The van der Waals surface area contributed by atoms with Crippen LogP contribution in [0.5, 0.6) is 0 Å². The summed E-state index contributed by atoms with van der Waals surface area (Å²) in [6.07, 6.45) is 1.83. The molecule has 0 spiro atoms. The van der Waals surface area contributed by atoms with Crippen LogP contribution in [0.4, 0.5) is 11.5 Å². The number of rotatable bonds is 3. The van der Waals surface area contributed by atoms with Crippen molar-refractivity contribution in [2.45, 2.75) is 13.0 Å². The van der Waals surface area contributed by atoms with E-state index in [9.17, 15) is 0 Å². The molecule has 1 atom stereocenters. The molecule has 88 valence electrons. The van der Waals surface area contributed by atoms with Crippen LogP contribution < -0.4 is 10.6 Å². The van der Waals surface area contributed by atoms with Crippen molar-refractivity contribution in [1.82, 2.24) is 4.98 Å². The number of para-hydroxylation sites is 1. The molecule has 0 aliphatic carbocycles. The molecular formula is C14H17N3. The van der Waals surface area contributed by atoms with E-state index in [4.69, 9.17) is 5.73 Å². The van der Waals surface area contributed by atoms with Gasteiger partial charge in [0.25, 0.3) is 0 Å². The fourth-order valence-electron chi connectivity index (χ4n) is 1.65. The second-order valence-electron chi connectivity index (χ2n) is 4.13. The average molecular weight is 227 g/mol. The maximum absolute atomic E-state index is 5.80. The molecule has 2 N–H and O–H groups in total. The predicted molar refractivity (Wildman–Crippen MR) is 71.3 cm³/mol. The van der Waals surface area contributed by atoms with Gasteiger partial charge in [0.1, 0.15) is 5.82 Å². The van der Waals surface area contributed by atoms with Gasteiger partial charge in [0, 0.05) is 25.0 Å². The Kier molecular flexibility index (Phi) is 3.40. The summed E-state index contributed by atoms with van der Waals surface area (Å²) < 4.78 is 0. The molecule has 0 aliphatic heterocycles. The van der Waals surface area contributed by atoms with Crippen molar-refractivity contribution in [2.75, 3.05) is 11.9 Å². The molecule has 0 saturated heterocycles. The third-order valence-electron chi connectivity index (χ3n) is 2.78. The Labute approximate surface area is 102 Å². The van der Waals surface area contributed by atoms with E-state index in [1.54, 1.807) is 0 Å². The molecule has 1 aromatic heterocycles. The normalized spacial score (nSPS) is 12.2. The third-order valence-corrected chi connectivity index (χ3v) is 2.78. The number of anilines is 2. The number of aromatic nitrogens is 1. The first-order valence-electron chi connectivity index (χ1n) is 5.69. The molecule has 1 aromatic carbocycles. The Balaban J connectivity index is 2.23. The third kappa shape index (κ3) is 2.63. The Hall–Kier alpha value is -1.87. The Morgan fingerprint density at radius 3 is 2.35 bits per heavy atom. The molecule has 0 amide bonds. The summed E-state index contributed by atoms with van der Waals surface area (Å²) in [6, 6.07) is 14.2. The lowest BCUT2D eigenvalue weighted by atomic mass is 10.1. The minimum Gasteiger partial charge on any atom is -0.329 e. The number of nitrogens with two attached hydrogens (primary N) is 1. The van der Waals surface area contributed by atoms with Crippen LogP contribution in [0, 0.1) is 0 Å². The van der Waals surface area contributed by atoms with Gasteiger partial charge in [0.15, 0.2) is 0 Å². The van der Waals surface area contributed by atoms with Crippen molar-refractivity contribution in [3.05, 3.63) is 54.2 Å². The van der Waals surface area contributed by atoms with Crippen LogP contribution in [0.15, 0.2) is 48.7 Å². The van der Waals surface area contributed by atoms with E-state index < -0.39 is 0 Å². The highest BCUT2D eigenvalue weighted by Crippen LogP contribution is 2.21. The molecule has 2 aromatic rings. The van der Waals surface area contributed by atoms with Crippen LogP contribution >= 0.6 is 0 Å². The first-order chi connectivity index (χ1) is 8.18. The minimum absolute atomic E-state index is 0.0265. The highest BCUT2D eigenvalue weighted by Gasteiger charge is 2.05. The highest BCUT2D eigenvalue weighted by atomic mass is 15.2. The van der Waals surface area contributed by atoms with Crippen molar-refractivity contribution >= 4 is 11.5 Å². The molecule has 2 rings (SSSR count). The van der Waals surface area contributed by atoms with Gasteiger partial charge in [-0.05, 0) is 30.7 Å². The Morgan fingerprint density at radius 2 is 1.82 bits per heavy atom. The molecular weight excluding hydrogens is 210 g/mol. The summed E-state index contributed by atoms with van der Waals surface area (Å²) in [5, 5.41) is 0. The van der Waals surface area contributed by atoms with E-state index in [2.05, 4.69) is 17.1 Å². The van der Waals surface area contributed by atoms with Crippen LogP contribution in [-0.4, -0.2) is 12.0 Å². The number of hydrogen-bond donors (Lipinski definition) is 1. The molecule has 0 aliphatic rings. The largest absolute Gasteiger partial charge is 0.329 e. The van der Waals surface area contributed by atoms with E-state index in [0.717, 1.165) is 17.1 Å². The van der Waals surface area contributed by atoms with Gasteiger partial charge in [-0.25, -0.2) is 4.98 Å². The smallest absolute Gasteiger partial charge is 0.132 e. The first kappa shape index (κ1) is 11.6. The Morgan fingerprint density at radius 1 is 1.12 bits per heavy atom. The lowest BCUT2D eigenvalue weighted by Crippen LogP contribution is -2.12. The first-order valence-corrected chi connectivity index (χ1v) is 5.69. The second-order valence-corrected chi connectivity index (χ2v) is 4.13. The zero-order valence-electron chi connectivity index (χ0n) is 10.2. The molecule has 0 fully saturated rings. The summed E-state index contributed by atoms with van der Waals surface area (Å²) >= 11 is 0. The molecule has 1 heterocycles. The van der Waals surface area contributed by atoms with Crippen LogP contribution in [0.2, 0.25) is 0 Å². The monoisotopic (exact) mass is 227 g/mol. The van der Waals surface area contributed by atoms with Crippen molar-refractivity contribution < 1.29 is 0 Å². The fourth-order valence-corrected chi connectivity index (χ4v) is 1.65. The molecule has 0 bridgehead atoms. The van der Waals surface area contributed by atoms with Crippen molar-refractivity contribution in [2.24, 2.45) is 5.73 Å². The van der Waals surface area contributed by atoms with Crippen LogP contribution in [0.25, 0.3) is 0 Å². The lowest BCUT2D eigenvalue weighted by molar-refractivity contribution is 0.811. The minimum atomic E-state index is 0.0265. The SMILES string of the molecule is C[C@H](N)c1ccc(N(C)c2ccccc2)nc1. The summed E-state index contributed by atoms with van der Waals surface area (Å²) in [6.45, 7) is 1.96. The molecule has 3 nitrogen and oxygen atoms in total. The summed E-state index contributed by atoms with van der Waals surface area (Å²) in [5.41, 5.74) is 7.97. The zero-order chi connectivity index (χ0) is 12.3. The van der Waals surface area contributed by atoms with E-state index >= 15 is 0 Å². The van der Waals surface area contributed by atoms with Gasteiger partial charge >= 0.3 is 0 Å². The lowest BCUT2D eigenvalue weighted by Gasteiger charge is -2.18. The van der Waals surface area contributed by atoms with E-state index in [0.29, 0.717) is 0 Å². The van der Waals surface area contributed by atoms with E-state index in [1.165, 1.54) is 0 Å². The van der Waals surface area contributed by atoms with Gasteiger partial charge < -0.3 is 10.6 Å². The molecule has 17 heavy (non-hydrogen) atoms. The number of benzene rings is 1. The quantitative estimate of drug-likeness (QED) is 0.876. The van der Waals surface area contributed by atoms with Crippen LogP contribution in [0.3, 0.4) is 0 Å². The van der Waals surface area contributed by atoms with Gasteiger partial charge in [0.05, 0.1) is 0 Å². The molecule has 0 radical (unpaired) electrons. The molecule has 3 heteroatoms. The topological polar surface area (TPSA) is 42.1 Å². The maximum atomic E-state index is 5.80. The van der Waals surface area contributed by atoms with Crippen molar-refractivity contribution in [3.63, 3.8) is 0 Å². The van der Waals surface area contributed by atoms with Gasteiger partial charge in [-0.1, -0.05) is 24.3 Å². The molecule has 0 saturated carbocycles. The van der Waals surface area contributed by atoms with Gasteiger partial charge in [-0.2, -0.15) is 0 Å². The van der Waals surface area contributed by atoms with Crippen molar-refractivity contribution in [3.8, 4) is 0 Å². The summed E-state index contributed by atoms with van der Waals surface area (Å²) in [5.74, 6) is 0.917. The molecule has 0 unspecified atom stereocenters. The number of nitrogens with zero attached hydrogens (tertiary/aromatic N) is 2. The van der Waals surface area contributed by atoms with E-state index in [1.807, 2.05) is 55.4 Å². The predicted octanol–water partition coefficient (Wildman–Crippen LogP) is 2.87. The highest BCUT2D eigenvalue weighted by molar-refractivity contribution is 5.58. The maximum Gasteiger partial charge on any atom is 0.132 e. The van der Waals surface area contributed by atoms with Gasteiger partial charge in [-0.3, -0.25) is 0 Å². The number of hydrogen-bond acceptors (Lipinski definition) is 3. The second kappa shape index (κ2) is 4.97. The Bertz CT molecular complexity index is 463. The van der Waals surface area contributed by atoms with Gasteiger partial charge in [-0.15, -0.1) is 0 Å². The standard InChI is InChI=1S/C14H17N3/c1-11(15)12-8-9-14(16-10-12)17(2)13-6-4-3-5-7-13/h3-11H,15H2,1-2H3/t11-/m0/s1. The van der Waals surface area contributed by atoms with E-state index in [-0.39, 0.29) is 6.04 Å². The number of pyridine rings is 1. The van der Waals surface area contributed by atoms with Crippen molar-refractivity contribution in [1.29, 1.82) is 0 Å². The zero-order valence-corrected chi connectivity index (χ0v) is 10.2.